The molecule has 120 valence electrons. The van der Waals surface area contributed by atoms with Gasteiger partial charge in [0.15, 0.2) is 19.7 Å². The van der Waals surface area contributed by atoms with E-state index in [9.17, 15) is 30.0 Å². The Morgan fingerprint density at radius 3 is 1.81 bits per heavy atom. The normalized spacial score (nSPS) is 14.9. The van der Waals surface area contributed by atoms with E-state index in [1.165, 1.54) is 0 Å². The third-order valence-electron chi connectivity index (χ3n) is 2.78. The first kappa shape index (κ1) is 17.9. The van der Waals surface area contributed by atoms with Gasteiger partial charge in [0.25, 0.3) is 0 Å². The maximum atomic E-state index is 12.6. The molecule has 0 bridgehead atoms. The number of rotatable bonds is 5. The molecule has 0 radical (unpaired) electrons. The summed E-state index contributed by atoms with van der Waals surface area (Å²) in [6, 6.07) is 4.01. The Bertz CT molecular complexity index is 694. The van der Waals surface area contributed by atoms with Gasteiger partial charge < -0.3 is 5.73 Å². The van der Waals surface area contributed by atoms with Gasteiger partial charge in [-0.15, -0.1) is 0 Å². The van der Waals surface area contributed by atoms with Crippen molar-refractivity contribution in [2.24, 2.45) is 11.7 Å². The van der Waals surface area contributed by atoms with Gasteiger partial charge in [0.05, 0.1) is 21.5 Å². The number of hydrogen-bond acceptors (Lipinski definition) is 5. The SMILES string of the molecule is CS(=O)(=O)c1ccc(S(=O)(=O)CC(CN)C(F)(F)F)cc1. The molecule has 0 heterocycles. The third-order valence-corrected chi connectivity index (χ3v) is 5.74. The molecule has 5 nitrogen and oxygen atoms in total. The smallest absolute Gasteiger partial charge is 0.330 e. The zero-order chi connectivity index (χ0) is 16.5. The van der Waals surface area contributed by atoms with Crippen LogP contribution in [0.15, 0.2) is 34.1 Å². The third kappa shape index (κ3) is 4.68. The van der Waals surface area contributed by atoms with Gasteiger partial charge in [-0.3, -0.25) is 0 Å². The highest BCUT2D eigenvalue weighted by Crippen LogP contribution is 2.28. The van der Waals surface area contributed by atoms with Crippen molar-refractivity contribution < 1.29 is 30.0 Å². The van der Waals surface area contributed by atoms with Crippen molar-refractivity contribution in [3.05, 3.63) is 24.3 Å². The molecule has 0 amide bonds. The van der Waals surface area contributed by atoms with Gasteiger partial charge in [-0.25, -0.2) is 16.8 Å². The molecule has 0 aliphatic carbocycles. The summed E-state index contributed by atoms with van der Waals surface area (Å²) < 4.78 is 84.0. The standard InChI is InChI=1S/C11H14F3NO4S2/c1-20(16,17)9-2-4-10(5-3-9)21(18,19)7-8(6-15)11(12,13)14/h2-5,8H,6-7,15H2,1H3. The first-order valence-electron chi connectivity index (χ1n) is 5.67. The molecule has 0 saturated heterocycles. The Kier molecular flexibility index (Phi) is 5.06. The topological polar surface area (TPSA) is 94.3 Å². The second-order valence-corrected chi connectivity index (χ2v) is 8.55. The zero-order valence-corrected chi connectivity index (χ0v) is 12.6. The van der Waals surface area contributed by atoms with Crippen LogP contribution in [0.2, 0.25) is 0 Å². The largest absolute Gasteiger partial charge is 0.394 e. The molecule has 0 aliphatic rings. The van der Waals surface area contributed by atoms with E-state index in [4.69, 9.17) is 5.73 Å². The van der Waals surface area contributed by atoms with Crippen molar-refractivity contribution >= 4 is 19.7 Å². The van der Waals surface area contributed by atoms with Crippen LogP contribution in [-0.4, -0.2) is 41.6 Å². The number of nitrogens with two attached hydrogens (primary N) is 1. The molecule has 2 N–H and O–H groups in total. The van der Waals surface area contributed by atoms with Gasteiger partial charge in [0.2, 0.25) is 0 Å². The van der Waals surface area contributed by atoms with Crippen LogP contribution in [0, 0.1) is 5.92 Å². The lowest BCUT2D eigenvalue weighted by Gasteiger charge is -2.18. The molecule has 0 fully saturated rings. The Morgan fingerprint density at radius 1 is 1.05 bits per heavy atom. The van der Waals surface area contributed by atoms with Crippen molar-refractivity contribution in [2.75, 3.05) is 18.6 Å². The molecule has 0 aromatic heterocycles. The number of alkyl halides is 3. The molecule has 1 rings (SSSR count). The fraction of sp³-hybridized carbons (Fsp3) is 0.455. The van der Waals surface area contributed by atoms with Gasteiger partial charge in [0, 0.05) is 12.8 Å². The predicted molar refractivity (Wildman–Crippen MR) is 70.2 cm³/mol. The van der Waals surface area contributed by atoms with Gasteiger partial charge in [-0.2, -0.15) is 13.2 Å². The van der Waals surface area contributed by atoms with Gasteiger partial charge in [-0.1, -0.05) is 0 Å². The summed E-state index contributed by atoms with van der Waals surface area (Å²) in [6.07, 6.45) is -3.78. The van der Waals surface area contributed by atoms with E-state index in [-0.39, 0.29) is 9.79 Å². The predicted octanol–water partition coefficient (Wildman–Crippen LogP) is 1.00. The van der Waals surface area contributed by atoms with Crippen LogP contribution < -0.4 is 5.73 Å². The van der Waals surface area contributed by atoms with Crippen LogP contribution in [0.5, 0.6) is 0 Å². The molecule has 1 aromatic rings. The molecule has 1 atom stereocenters. The molecule has 0 spiro atoms. The average Bonchev–Trinajstić information content (AvgIpc) is 2.34. The summed E-state index contributed by atoms with van der Waals surface area (Å²) in [7, 11) is -7.72. The van der Waals surface area contributed by atoms with Crippen LogP contribution in [0.4, 0.5) is 13.2 Å². The molecule has 21 heavy (non-hydrogen) atoms. The first-order chi connectivity index (χ1) is 9.38. The molecule has 10 heteroatoms. The summed E-state index contributed by atoms with van der Waals surface area (Å²) in [4.78, 5) is -0.495. The number of sulfone groups is 2. The van der Waals surface area contributed by atoms with E-state index in [2.05, 4.69) is 0 Å². The van der Waals surface area contributed by atoms with Crippen LogP contribution in [0.25, 0.3) is 0 Å². The second-order valence-electron chi connectivity index (χ2n) is 4.50. The molecular formula is C11H14F3NO4S2. The van der Waals surface area contributed by atoms with Gasteiger partial charge in [-0.05, 0) is 24.3 Å². The summed E-state index contributed by atoms with van der Waals surface area (Å²) in [5.74, 6) is -3.34. The lowest BCUT2D eigenvalue weighted by molar-refractivity contribution is -0.165. The molecule has 0 saturated carbocycles. The molecular weight excluding hydrogens is 331 g/mol. The minimum absolute atomic E-state index is 0.118. The van der Waals surface area contributed by atoms with E-state index < -0.39 is 44.1 Å². The summed E-state index contributed by atoms with van der Waals surface area (Å²) >= 11 is 0. The van der Waals surface area contributed by atoms with Crippen molar-refractivity contribution in [2.45, 2.75) is 16.0 Å². The number of halogens is 3. The Balaban J connectivity index is 3.09. The highest BCUT2D eigenvalue weighted by atomic mass is 32.2. The van der Waals surface area contributed by atoms with E-state index in [0.717, 1.165) is 30.5 Å². The van der Waals surface area contributed by atoms with Crippen molar-refractivity contribution in [1.82, 2.24) is 0 Å². The summed E-state index contributed by atoms with van der Waals surface area (Å²) in [5.41, 5.74) is 4.96. The summed E-state index contributed by atoms with van der Waals surface area (Å²) in [5, 5.41) is 0. The maximum absolute atomic E-state index is 12.6. The van der Waals surface area contributed by atoms with Crippen LogP contribution in [-0.2, 0) is 19.7 Å². The van der Waals surface area contributed by atoms with Crippen LogP contribution in [0.3, 0.4) is 0 Å². The Labute approximate surface area is 120 Å². The van der Waals surface area contributed by atoms with E-state index >= 15 is 0 Å². The molecule has 1 aromatic carbocycles. The van der Waals surface area contributed by atoms with Crippen molar-refractivity contribution in [1.29, 1.82) is 0 Å². The highest BCUT2D eigenvalue weighted by Gasteiger charge is 2.41. The highest BCUT2D eigenvalue weighted by molar-refractivity contribution is 7.91. The minimum atomic E-state index is -4.71. The van der Waals surface area contributed by atoms with E-state index in [0.29, 0.717) is 0 Å². The minimum Gasteiger partial charge on any atom is -0.330 e. The average molecular weight is 345 g/mol. The summed E-state index contributed by atoms with van der Waals surface area (Å²) in [6.45, 7) is -0.843. The number of benzene rings is 1. The van der Waals surface area contributed by atoms with E-state index in [1.54, 1.807) is 0 Å². The first-order valence-corrected chi connectivity index (χ1v) is 9.22. The van der Waals surface area contributed by atoms with Gasteiger partial charge >= 0.3 is 6.18 Å². The fourth-order valence-electron chi connectivity index (χ4n) is 1.55. The lowest BCUT2D eigenvalue weighted by atomic mass is 10.2. The lowest BCUT2D eigenvalue weighted by Crippen LogP contribution is -2.36. The van der Waals surface area contributed by atoms with Crippen LogP contribution >= 0.6 is 0 Å². The van der Waals surface area contributed by atoms with Crippen molar-refractivity contribution in [3.63, 3.8) is 0 Å². The van der Waals surface area contributed by atoms with E-state index in [1.807, 2.05) is 0 Å². The Morgan fingerprint density at radius 2 is 1.48 bits per heavy atom. The van der Waals surface area contributed by atoms with Crippen LogP contribution in [0.1, 0.15) is 0 Å². The zero-order valence-electron chi connectivity index (χ0n) is 11.0. The molecule has 1 unspecified atom stereocenters. The monoisotopic (exact) mass is 345 g/mol. The maximum Gasteiger partial charge on any atom is 0.394 e. The fourth-order valence-corrected chi connectivity index (χ4v) is 3.78. The second kappa shape index (κ2) is 5.93. The van der Waals surface area contributed by atoms with Crippen molar-refractivity contribution in [3.8, 4) is 0 Å². The molecule has 0 aliphatic heterocycles. The Hall–Kier alpha value is -1.13. The number of hydrogen-bond donors (Lipinski definition) is 1. The van der Waals surface area contributed by atoms with Gasteiger partial charge in [0.1, 0.15) is 0 Å². The quantitative estimate of drug-likeness (QED) is 0.859.